The molecule has 8 rings (SSSR count). The maximum absolute atomic E-state index is 4.97. The highest BCUT2D eigenvalue weighted by Crippen LogP contribution is 2.36. The third-order valence-corrected chi connectivity index (χ3v) is 7.72. The molecule has 5 nitrogen and oxygen atoms in total. The molecule has 0 amide bonds. The van der Waals surface area contributed by atoms with Gasteiger partial charge < -0.3 is 13.7 Å². The van der Waals surface area contributed by atoms with E-state index in [9.17, 15) is 0 Å². The Balaban J connectivity index is 1.32. The largest absolute Gasteiger partial charge is 0.327 e. The molecule has 0 spiro atoms. The Morgan fingerprint density at radius 1 is 0.550 bits per heavy atom. The molecule has 0 aliphatic carbocycles. The van der Waals surface area contributed by atoms with Crippen LogP contribution in [0.1, 0.15) is 0 Å². The number of benzene rings is 4. The Morgan fingerprint density at radius 2 is 1.32 bits per heavy atom. The number of fused-ring (bicyclic) bond motifs is 4. The SMILES string of the molecule is Cn1c(-c2ccc3c4ccccc4n(-c4cccc(-c5cccc(-n6cccc6)n5)c4)c3c2)nc2ccccc21. The summed E-state index contributed by atoms with van der Waals surface area (Å²) in [6, 6.07) is 42.4. The van der Waals surface area contributed by atoms with Crippen LogP contribution in [0.4, 0.5) is 0 Å². The second kappa shape index (κ2) is 8.82. The third kappa shape index (κ3) is 3.48. The van der Waals surface area contributed by atoms with Gasteiger partial charge in [-0.05, 0) is 60.7 Å². The van der Waals surface area contributed by atoms with Crippen molar-refractivity contribution >= 4 is 32.8 Å². The first-order valence-corrected chi connectivity index (χ1v) is 13.4. The lowest BCUT2D eigenvalue weighted by Gasteiger charge is -2.11. The van der Waals surface area contributed by atoms with Crippen molar-refractivity contribution in [1.29, 1.82) is 0 Å². The minimum absolute atomic E-state index is 0.900. The summed E-state index contributed by atoms with van der Waals surface area (Å²) in [5.41, 5.74) is 8.65. The summed E-state index contributed by atoms with van der Waals surface area (Å²) >= 11 is 0. The molecule has 4 aromatic heterocycles. The van der Waals surface area contributed by atoms with Gasteiger partial charge in [-0.3, -0.25) is 0 Å². The van der Waals surface area contributed by atoms with Gasteiger partial charge in [0, 0.05) is 47.0 Å². The van der Waals surface area contributed by atoms with Crippen molar-refractivity contribution in [2.24, 2.45) is 7.05 Å². The van der Waals surface area contributed by atoms with E-state index in [-0.39, 0.29) is 0 Å². The molecule has 0 aliphatic rings. The number of aromatic nitrogens is 5. The maximum Gasteiger partial charge on any atom is 0.140 e. The van der Waals surface area contributed by atoms with Crippen LogP contribution in [-0.2, 0) is 7.05 Å². The number of imidazole rings is 1. The van der Waals surface area contributed by atoms with Gasteiger partial charge in [0.05, 0.1) is 27.8 Å². The van der Waals surface area contributed by atoms with Crippen LogP contribution in [-0.4, -0.2) is 23.7 Å². The van der Waals surface area contributed by atoms with Gasteiger partial charge in [0.1, 0.15) is 11.6 Å². The molecule has 0 saturated carbocycles. The van der Waals surface area contributed by atoms with Crippen LogP contribution in [0.25, 0.3) is 67.0 Å². The lowest BCUT2D eigenvalue weighted by molar-refractivity contribution is 0.959. The average molecular weight is 516 g/mol. The van der Waals surface area contributed by atoms with Crippen LogP contribution in [0.15, 0.2) is 134 Å². The van der Waals surface area contributed by atoms with Crippen molar-refractivity contribution in [1.82, 2.24) is 23.7 Å². The van der Waals surface area contributed by atoms with Crippen LogP contribution in [0.2, 0.25) is 0 Å². The molecule has 0 aliphatic heterocycles. The van der Waals surface area contributed by atoms with Crippen LogP contribution >= 0.6 is 0 Å². The Bertz CT molecular complexity index is 2180. The van der Waals surface area contributed by atoms with Gasteiger partial charge in [-0.1, -0.05) is 60.7 Å². The zero-order valence-corrected chi connectivity index (χ0v) is 21.9. The molecule has 8 aromatic rings. The highest BCUT2D eigenvalue weighted by molar-refractivity contribution is 6.10. The summed E-state index contributed by atoms with van der Waals surface area (Å²) in [6.07, 6.45) is 4.03. The fourth-order valence-corrected chi connectivity index (χ4v) is 5.81. The lowest BCUT2D eigenvalue weighted by Crippen LogP contribution is -1.97. The zero-order chi connectivity index (χ0) is 26.6. The summed E-state index contributed by atoms with van der Waals surface area (Å²) in [5, 5.41) is 2.45. The van der Waals surface area contributed by atoms with E-state index in [0.717, 1.165) is 50.7 Å². The number of rotatable bonds is 4. The summed E-state index contributed by atoms with van der Waals surface area (Å²) in [4.78, 5) is 9.93. The van der Waals surface area contributed by atoms with Crippen molar-refractivity contribution in [2.75, 3.05) is 0 Å². The van der Waals surface area contributed by atoms with Crippen molar-refractivity contribution in [3.05, 3.63) is 134 Å². The number of para-hydroxylation sites is 3. The molecule has 0 radical (unpaired) electrons. The van der Waals surface area contributed by atoms with E-state index < -0.39 is 0 Å². The molecular formula is C35H25N5. The third-order valence-electron chi connectivity index (χ3n) is 7.72. The molecule has 4 aromatic carbocycles. The van der Waals surface area contributed by atoms with Crippen molar-refractivity contribution in [3.63, 3.8) is 0 Å². The minimum Gasteiger partial charge on any atom is -0.327 e. The highest BCUT2D eigenvalue weighted by Gasteiger charge is 2.16. The van der Waals surface area contributed by atoms with Crippen LogP contribution in [0.5, 0.6) is 0 Å². The predicted molar refractivity (Wildman–Crippen MR) is 163 cm³/mol. The Morgan fingerprint density at radius 3 is 2.20 bits per heavy atom. The highest BCUT2D eigenvalue weighted by atomic mass is 15.1. The molecular weight excluding hydrogens is 490 g/mol. The summed E-state index contributed by atoms with van der Waals surface area (Å²) in [6.45, 7) is 0. The van der Waals surface area contributed by atoms with E-state index in [1.165, 1.54) is 16.3 Å². The summed E-state index contributed by atoms with van der Waals surface area (Å²) < 4.78 is 6.56. The minimum atomic E-state index is 0.900. The van der Waals surface area contributed by atoms with Gasteiger partial charge in [-0.15, -0.1) is 0 Å². The van der Waals surface area contributed by atoms with E-state index in [0.29, 0.717) is 0 Å². The van der Waals surface area contributed by atoms with Gasteiger partial charge in [0.25, 0.3) is 0 Å². The fraction of sp³-hybridized carbons (Fsp3) is 0.0286. The molecule has 190 valence electrons. The predicted octanol–water partition coefficient (Wildman–Crippen LogP) is 8.19. The standard InChI is InChI=1S/C35H25N5/c1-38-32-16-5-3-13-30(32)37-35(38)25-18-19-28-27-12-2-4-15-31(27)40(33(28)23-25)26-11-8-10-24(22-26)29-14-9-17-34(36-29)39-20-6-7-21-39/h2-23H,1H3. The van der Waals surface area contributed by atoms with Crippen molar-refractivity contribution in [2.45, 2.75) is 0 Å². The number of aryl methyl sites for hydroxylation is 1. The Labute approximate surface area is 231 Å². The van der Waals surface area contributed by atoms with Gasteiger partial charge in [-0.2, -0.15) is 0 Å². The number of pyridine rings is 1. The van der Waals surface area contributed by atoms with Crippen LogP contribution in [0, 0.1) is 0 Å². The average Bonchev–Trinajstić information content (AvgIpc) is 3.74. The van der Waals surface area contributed by atoms with E-state index in [4.69, 9.17) is 9.97 Å². The summed E-state index contributed by atoms with van der Waals surface area (Å²) in [7, 11) is 2.09. The van der Waals surface area contributed by atoms with Crippen LogP contribution in [0.3, 0.4) is 0 Å². The number of nitrogens with zero attached hydrogens (tertiary/aromatic N) is 5. The zero-order valence-electron chi connectivity index (χ0n) is 21.9. The van der Waals surface area contributed by atoms with Gasteiger partial charge >= 0.3 is 0 Å². The fourth-order valence-electron chi connectivity index (χ4n) is 5.81. The first-order chi connectivity index (χ1) is 19.7. The summed E-state index contributed by atoms with van der Waals surface area (Å²) in [5.74, 6) is 1.86. The van der Waals surface area contributed by atoms with E-state index in [2.05, 4.69) is 113 Å². The smallest absolute Gasteiger partial charge is 0.140 e. The quantitative estimate of drug-likeness (QED) is 0.237. The molecule has 0 atom stereocenters. The molecule has 0 fully saturated rings. The Hall–Kier alpha value is -5.42. The van der Waals surface area contributed by atoms with Crippen molar-refractivity contribution in [3.8, 4) is 34.2 Å². The van der Waals surface area contributed by atoms with E-state index in [1.807, 2.05) is 41.2 Å². The second-order valence-electron chi connectivity index (χ2n) is 10.1. The topological polar surface area (TPSA) is 40.6 Å². The molecule has 0 bridgehead atoms. The van der Waals surface area contributed by atoms with Gasteiger partial charge in [0.15, 0.2) is 0 Å². The van der Waals surface area contributed by atoms with Gasteiger partial charge in [0.2, 0.25) is 0 Å². The number of hydrogen-bond donors (Lipinski definition) is 0. The monoisotopic (exact) mass is 515 g/mol. The molecule has 5 heteroatoms. The lowest BCUT2D eigenvalue weighted by atomic mass is 10.1. The molecule has 40 heavy (non-hydrogen) atoms. The normalized spacial score (nSPS) is 11.6. The van der Waals surface area contributed by atoms with E-state index in [1.54, 1.807) is 0 Å². The molecule has 0 saturated heterocycles. The van der Waals surface area contributed by atoms with Gasteiger partial charge in [-0.25, -0.2) is 9.97 Å². The Kier molecular flexibility index (Phi) is 4.97. The first kappa shape index (κ1) is 22.6. The van der Waals surface area contributed by atoms with Crippen LogP contribution < -0.4 is 0 Å². The molecule has 0 unspecified atom stereocenters. The first-order valence-electron chi connectivity index (χ1n) is 13.4. The molecule has 4 heterocycles. The van der Waals surface area contributed by atoms with E-state index >= 15 is 0 Å². The van der Waals surface area contributed by atoms with Crippen molar-refractivity contribution < 1.29 is 0 Å². The second-order valence-corrected chi connectivity index (χ2v) is 10.1. The maximum atomic E-state index is 4.97. The molecule has 0 N–H and O–H groups in total. The number of hydrogen-bond acceptors (Lipinski definition) is 2.